The second-order valence-corrected chi connectivity index (χ2v) is 7.39. The van der Waals surface area contributed by atoms with E-state index in [1.54, 1.807) is 18.0 Å². The van der Waals surface area contributed by atoms with Gasteiger partial charge in [0.15, 0.2) is 11.0 Å². The van der Waals surface area contributed by atoms with E-state index < -0.39 is 0 Å². The van der Waals surface area contributed by atoms with Crippen molar-refractivity contribution in [1.82, 2.24) is 19.7 Å². The summed E-state index contributed by atoms with van der Waals surface area (Å²) < 4.78 is 13.0. The summed E-state index contributed by atoms with van der Waals surface area (Å²) in [5.74, 6) is 3.04. The first kappa shape index (κ1) is 17.6. The molecule has 0 saturated heterocycles. The first-order valence-electron chi connectivity index (χ1n) is 8.79. The molecule has 4 aromatic rings. The van der Waals surface area contributed by atoms with Gasteiger partial charge < -0.3 is 13.5 Å². The van der Waals surface area contributed by atoms with Gasteiger partial charge in [0.2, 0.25) is 5.89 Å². The summed E-state index contributed by atoms with van der Waals surface area (Å²) in [6, 6.07) is 14.1. The fourth-order valence-corrected chi connectivity index (χ4v) is 3.53. The number of aromatic nitrogens is 4. The van der Waals surface area contributed by atoms with Crippen molar-refractivity contribution in [2.75, 3.05) is 0 Å². The van der Waals surface area contributed by atoms with Gasteiger partial charge in [-0.2, -0.15) is 4.98 Å². The molecule has 1 aromatic carbocycles. The maximum absolute atomic E-state index is 5.55. The Hall–Kier alpha value is -2.80. The zero-order valence-corrected chi connectivity index (χ0v) is 16.0. The molecule has 0 atom stereocenters. The predicted octanol–water partition coefficient (Wildman–Crippen LogP) is 4.99. The molecule has 0 fully saturated rings. The van der Waals surface area contributed by atoms with Gasteiger partial charge in [0, 0.05) is 5.92 Å². The van der Waals surface area contributed by atoms with Crippen LogP contribution in [-0.2, 0) is 12.3 Å². The Kier molecular flexibility index (Phi) is 5.11. The molecule has 3 heterocycles. The van der Waals surface area contributed by atoms with Gasteiger partial charge in [-0.15, -0.1) is 0 Å². The molecule has 0 aliphatic carbocycles. The second kappa shape index (κ2) is 7.84. The third-order valence-corrected chi connectivity index (χ3v) is 5.08. The first-order valence-corrected chi connectivity index (χ1v) is 9.78. The quantitative estimate of drug-likeness (QED) is 0.421. The molecular formula is C20H20N4O2S. The minimum absolute atomic E-state index is 0.248. The summed E-state index contributed by atoms with van der Waals surface area (Å²) in [5, 5.41) is 4.91. The lowest BCUT2D eigenvalue weighted by atomic mass is 10.2. The van der Waals surface area contributed by atoms with Crippen molar-refractivity contribution in [1.29, 1.82) is 0 Å². The molecule has 7 heteroatoms. The monoisotopic (exact) mass is 380 g/mol. The summed E-state index contributed by atoms with van der Waals surface area (Å²) in [4.78, 5) is 9.07. The van der Waals surface area contributed by atoms with E-state index in [1.807, 2.05) is 50.4 Å². The summed E-state index contributed by atoms with van der Waals surface area (Å²) in [6.45, 7) is 4.70. The van der Waals surface area contributed by atoms with Crippen LogP contribution in [0.15, 0.2) is 69.0 Å². The van der Waals surface area contributed by atoms with Gasteiger partial charge in [-0.1, -0.05) is 61.1 Å². The van der Waals surface area contributed by atoms with Crippen molar-refractivity contribution in [3.05, 3.63) is 72.4 Å². The van der Waals surface area contributed by atoms with Crippen LogP contribution >= 0.6 is 11.8 Å². The fourth-order valence-electron chi connectivity index (χ4n) is 2.71. The van der Waals surface area contributed by atoms with Gasteiger partial charge in [-0.25, -0.2) is 4.98 Å². The van der Waals surface area contributed by atoms with Crippen molar-refractivity contribution in [2.45, 2.75) is 37.2 Å². The van der Waals surface area contributed by atoms with Crippen LogP contribution in [-0.4, -0.2) is 19.7 Å². The molecule has 27 heavy (non-hydrogen) atoms. The lowest BCUT2D eigenvalue weighted by Crippen LogP contribution is -2.03. The van der Waals surface area contributed by atoms with Crippen molar-refractivity contribution >= 4 is 11.8 Å². The van der Waals surface area contributed by atoms with E-state index in [0.29, 0.717) is 18.2 Å². The third kappa shape index (κ3) is 3.98. The molecule has 0 amide bonds. The number of thioether (sulfide) groups is 1. The summed E-state index contributed by atoms with van der Waals surface area (Å²) in [7, 11) is 0. The Morgan fingerprint density at radius 1 is 1.11 bits per heavy atom. The van der Waals surface area contributed by atoms with E-state index >= 15 is 0 Å². The Morgan fingerprint density at radius 3 is 2.67 bits per heavy atom. The largest absolute Gasteiger partial charge is 0.467 e. The first-order chi connectivity index (χ1) is 13.2. The number of imidazole rings is 1. The lowest BCUT2D eigenvalue weighted by Gasteiger charge is -2.10. The Morgan fingerprint density at radius 2 is 1.96 bits per heavy atom. The van der Waals surface area contributed by atoms with Gasteiger partial charge in [-0.3, -0.25) is 0 Å². The predicted molar refractivity (Wildman–Crippen MR) is 103 cm³/mol. The van der Waals surface area contributed by atoms with Gasteiger partial charge in [0.1, 0.15) is 5.76 Å². The molecule has 0 unspecified atom stereocenters. The number of nitrogens with zero attached hydrogens (tertiary/aromatic N) is 4. The van der Waals surface area contributed by atoms with Crippen LogP contribution < -0.4 is 0 Å². The molecular weight excluding hydrogens is 360 g/mol. The van der Waals surface area contributed by atoms with E-state index in [0.717, 1.165) is 28.0 Å². The number of hydrogen-bond donors (Lipinski definition) is 0. The maximum Gasteiger partial charge on any atom is 0.237 e. The Bertz CT molecular complexity index is 990. The average Bonchev–Trinajstić information content (AvgIpc) is 3.42. The zero-order valence-electron chi connectivity index (χ0n) is 15.2. The van der Waals surface area contributed by atoms with E-state index in [4.69, 9.17) is 8.94 Å². The topological polar surface area (TPSA) is 69.9 Å². The molecule has 0 aliphatic heterocycles. The fraction of sp³-hybridized carbons (Fsp3) is 0.250. The number of rotatable bonds is 7. The van der Waals surface area contributed by atoms with Crippen molar-refractivity contribution in [3.63, 3.8) is 0 Å². The van der Waals surface area contributed by atoms with Gasteiger partial charge in [-0.05, 0) is 17.7 Å². The maximum atomic E-state index is 5.55. The third-order valence-electron chi connectivity index (χ3n) is 4.11. The molecule has 0 N–H and O–H groups in total. The Labute approximate surface area is 161 Å². The highest BCUT2D eigenvalue weighted by atomic mass is 32.2. The molecule has 138 valence electrons. The van der Waals surface area contributed by atoms with Crippen LogP contribution in [0.4, 0.5) is 0 Å². The molecule has 0 radical (unpaired) electrons. The van der Waals surface area contributed by atoms with Gasteiger partial charge in [0.05, 0.1) is 30.5 Å². The van der Waals surface area contributed by atoms with Crippen LogP contribution in [0, 0.1) is 0 Å². The highest BCUT2D eigenvalue weighted by molar-refractivity contribution is 7.98. The van der Waals surface area contributed by atoms with Crippen LogP contribution in [0.2, 0.25) is 0 Å². The molecule has 3 aromatic heterocycles. The van der Waals surface area contributed by atoms with Crippen molar-refractivity contribution < 1.29 is 8.94 Å². The van der Waals surface area contributed by atoms with Crippen LogP contribution in [0.1, 0.15) is 37.2 Å². The normalized spacial score (nSPS) is 11.4. The van der Waals surface area contributed by atoms with Crippen LogP contribution in [0.3, 0.4) is 0 Å². The highest BCUT2D eigenvalue weighted by Gasteiger charge is 2.16. The molecule has 0 saturated carbocycles. The molecule has 0 bridgehead atoms. The minimum Gasteiger partial charge on any atom is -0.467 e. The second-order valence-electron chi connectivity index (χ2n) is 6.45. The lowest BCUT2D eigenvalue weighted by molar-refractivity contribution is 0.382. The summed E-state index contributed by atoms with van der Waals surface area (Å²) in [6.07, 6.45) is 3.58. The number of furan rings is 1. The van der Waals surface area contributed by atoms with Gasteiger partial charge in [0.25, 0.3) is 0 Å². The molecule has 0 aliphatic rings. The standard InChI is InChI=1S/C20H20N4O2S/c1-14(2)19-22-18(26-23-19)13-27-20-21-11-17(15-7-4-3-5-8-15)24(20)12-16-9-6-10-25-16/h3-11,14H,12-13H2,1-2H3. The van der Waals surface area contributed by atoms with Crippen molar-refractivity contribution in [3.8, 4) is 11.3 Å². The minimum atomic E-state index is 0.248. The van der Waals surface area contributed by atoms with Crippen LogP contribution in [0.25, 0.3) is 11.3 Å². The van der Waals surface area contributed by atoms with E-state index in [2.05, 4.69) is 31.8 Å². The van der Waals surface area contributed by atoms with E-state index in [1.165, 1.54) is 0 Å². The van der Waals surface area contributed by atoms with E-state index in [-0.39, 0.29) is 5.92 Å². The zero-order chi connectivity index (χ0) is 18.6. The van der Waals surface area contributed by atoms with Crippen LogP contribution in [0.5, 0.6) is 0 Å². The average molecular weight is 380 g/mol. The SMILES string of the molecule is CC(C)c1noc(CSc2ncc(-c3ccccc3)n2Cc2ccco2)n1. The molecule has 6 nitrogen and oxygen atoms in total. The Balaban J connectivity index is 1.60. The summed E-state index contributed by atoms with van der Waals surface area (Å²) >= 11 is 1.58. The van der Waals surface area contributed by atoms with E-state index in [9.17, 15) is 0 Å². The van der Waals surface area contributed by atoms with Gasteiger partial charge >= 0.3 is 0 Å². The number of benzene rings is 1. The number of hydrogen-bond acceptors (Lipinski definition) is 6. The smallest absolute Gasteiger partial charge is 0.237 e. The molecule has 0 spiro atoms. The highest BCUT2D eigenvalue weighted by Crippen LogP contribution is 2.29. The summed E-state index contributed by atoms with van der Waals surface area (Å²) in [5.41, 5.74) is 2.16. The van der Waals surface area contributed by atoms with Crippen molar-refractivity contribution in [2.24, 2.45) is 0 Å². The molecule has 4 rings (SSSR count).